The maximum atomic E-state index is 11.9. The van der Waals surface area contributed by atoms with E-state index in [2.05, 4.69) is 24.1 Å². The van der Waals surface area contributed by atoms with Crippen LogP contribution in [0.5, 0.6) is 0 Å². The molecule has 3 nitrogen and oxygen atoms in total. The minimum absolute atomic E-state index is 0.108. The van der Waals surface area contributed by atoms with Crippen molar-refractivity contribution in [3.63, 3.8) is 0 Å². The van der Waals surface area contributed by atoms with Crippen molar-refractivity contribution in [2.45, 2.75) is 32.2 Å². The van der Waals surface area contributed by atoms with Gasteiger partial charge in [-0.2, -0.15) is 0 Å². The van der Waals surface area contributed by atoms with Crippen molar-refractivity contribution in [1.82, 2.24) is 5.32 Å². The summed E-state index contributed by atoms with van der Waals surface area (Å²) in [4.78, 5) is 11.9. The highest BCUT2D eigenvalue weighted by Gasteiger charge is 2.29. The summed E-state index contributed by atoms with van der Waals surface area (Å²) in [5.74, 6) is 0.983. The molecule has 3 atom stereocenters. The summed E-state index contributed by atoms with van der Waals surface area (Å²) < 4.78 is 0. The Bertz CT molecular complexity index is 402. The Morgan fingerprint density at radius 1 is 1.56 bits per heavy atom. The van der Waals surface area contributed by atoms with Crippen molar-refractivity contribution in [3.8, 4) is 0 Å². The molecule has 1 aromatic heterocycles. The Hall–Kier alpha value is -1.29. The van der Waals surface area contributed by atoms with Crippen LogP contribution in [-0.2, 0) is 0 Å². The summed E-state index contributed by atoms with van der Waals surface area (Å²) >= 11 is 1.53. The average molecular weight is 264 g/mol. The normalized spacial score (nSPS) is 27.5. The summed E-state index contributed by atoms with van der Waals surface area (Å²) in [5.41, 5.74) is 0. The predicted octanol–water partition coefficient (Wildman–Crippen LogP) is 3.86. The van der Waals surface area contributed by atoms with Gasteiger partial charge in [-0.15, -0.1) is 17.9 Å². The molecule has 1 saturated carbocycles. The van der Waals surface area contributed by atoms with E-state index in [0.29, 0.717) is 11.8 Å². The molecule has 1 aliphatic carbocycles. The molecule has 2 rings (SSSR count). The van der Waals surface area contributed by atoms with Crippen molar-refractivity contribution in [2.24, 2.45) is 11.8 Å². The van der Waals surface area contributed by atoms with Crippen molar-refractivity contribution in [3.05, 3.63) is 30.2 Å². The smallest absolute Gasteiger partial charge is 0.320 e. The lowest BCUT2D eigenvalue weighted by Gasteiger charge is -2.34. The summed E-state index contributed by atoms with van der Waals surface area (Å²) in [7, 11) is 0. The second-order valence-electron chi connectivity index (χ2n) is 4.90. The molecule has 2 amide bonds. The minimum atomic E-state index is -0.108. The SMILES string of the molecule is C=CC1C(C)CCCC1NC(=O)Nc1cccs1. The van der Waals surface area contributed by atoms with E-state index in [1.165, 1.54) is 24.2 Å². The topological polar surface area (TPSA) is 41.1 Å². The lowest BCUT2D eigenvalue weighted by atomic mass is 9.77. The number of carbonyl (C=O) groups excluding carboxylic acids is 1. The molecule has 1 aromatic rings. The maximum absolute atomic E-state index is 11.9. The van der Waals surface area contributed by atoms with Gasteiger partial charge in [-0.1, -0.05) is 19.4 Å². The molecule has 1 aliphatic rings. The Labute approximate surface area is 112 Å². The number of anilines is 1. The lowest BCUT2D eigenvalue weighted by Crippen LogP contribution is -2.45. The fourth-order valence-corrected chi connectivity index (χ4v) is 3.28. The highest BCUT2D eigenvalue weighted by Crippen LogP contribution is 2.30. The van der Waals surface area contributed by atoms with E-state index in [9.17, 15) is 4.79 Å². The van der Waals surface area contributed by atoms with Gasteiger partial charge in [0, 0.05) is 6.04 Å². The van der Waals surface area contributed by atoms with Gasteiger partial charge in [-0.3, -0.25) is 5.32 Å². The van der Waals surface area contributed by atoms with Crippen LogP contribution in [-0.4, -0.2) is 12.1 Å². The Morgan fingerprint density at radius 3 is 3.06 bits per heavy atom. The van der Waals surface area contributed by atoms with Crippen molar-refractivity contribution < 1.29 is 4.79 Å². The first-order valence-corrected chi connectivity index (χ1v) is 7.32. The van der Waals surface area contributed by atoms with Gasteiger partial charge in [0.25, 0.3) is 0 Å². The van der Waals surface area contributed by atoms with Gasteiger partial charge in [0.1, 0.15) is 0 Å². The quantitative estimate of drug-likeness (QED) is 0.800. The van der Waals surface area contributed by atoms with E-state index in [1.807, 2.05) is 23.6 Å². The Balaban J connectivity index is 1.91. The number of amides is 2. The van der Waals surface area contributed by atoms with Crippen molar-refractivity contribution >= 4 is 22.4 Å². The zero-order valence-corrected chi connectivity index (χ0v) is 11.5. The first-order valence-electron chi connectivity index (χ1n) is 6.44. The molecule has 1 fully saturated rings. The Kier molecular flexibility index (Phi) is 4.42. The molecule has 0 saturated heterocycles. The second kappa shape index (κ2) is 6.05. The number of thiophene rings is 1. The van der Waals surface area contributed by atoms with Crippen LogP contribution in [0.4, 0.5) is 9.80 Å². The monoisotopic (exact) mass is 264 g/mol. The van der Waals surface area contributed by atoms with E-state index in [1.54, 1.807) is 0 Å². The zero-order valence-electron chi connectivity index (χ0n) is 10.7. The molecular formula is C14H20N2OS. The molecule has 0 radical (unpaired) electrons. The number of urea groups is 1. The van der Waals surface area contributed by atoms with E-state index < -0.39 is 0 Å². The molecule has 98 valence electrons. The molecule has 0 bridgehead atoms. The number of nitrogens with one attached hydrogen (secondary N) is 2. The van der Waals surface area contributed by atoms with Crippen LogP contribution in [0, 0.1) is 11.8 Å². The summed E-state index contributed by atoms with van der Waals surface area (Å²) in [5, 5.41) is 8.77. The molecule has 18 heavy (non-hydrogen) atoms. The highest BCUT2D eigenvalue weighted by molar-refractivity contribution is 7.14. The lowest BCUT2D eigenvalue weighted by molar-refractivity contribution is 0.217. The molecule has 2 N–H and O–H groups in total. The summed E-state index contributed by atoms with van der Waals surface area (Å²) in [6.45, 7) is 6.13. The van der Waals surface area contributed by atoms with E-state index in [-0.39, 0.29) is 12.1 Å². The average Bonchev–Trinajstić information content (AvgIpc) is 2.82. The van der Waals surface area contributed by atoms with Crippen molar-refractivity contribution in [2.75, 3.05) is 5.32 Å². The van der Waals surface area contributed by atoms with Gasteiger partial charge in [0.05, 0.1) is 5.00 Å². The van der Waals surface area contributed by atoms with Crippen LogP contribution in [0.1, 0.15) is 26.2 Å². The number of hydrogen-bond donors (Lipinski definition) is 2. The van der Waals surface area contributed by atoms with Gasteiger partial charge >= 0.3 is 6.03 Å². The van der Waals surface area contributed by atoms with Crippen LogP contribution < -0.4 is 10.6 Å². The van der Waals surface area contributed by atoms with Crippen LogP contribution in [0.25, 0.3) is 0 Å². The standard InChI is InChI=1S/C14H20N2OS/c1-3-11-10(2)6-4-7-12(11)15-14(17)16-13-8-5-9-18-13/h3,5,8-12H,1,4,6-7H2,2H3,(H2,15,16,17). The molecular weight excluding hydrogens is 244 g/mol. The third-order valence-electron chi connectivity index (χ3n) is 3.64. The molecule has 1 heterocycles. The molecule has 3 unspecified atom stereocenters. The number of rotatable bonds is 3. The summed E-state index contributed by atoms with van der Waals surface area (Å²) in [6.07, 6.45) is 5.43. The van der Waals surface area contributed by atoms with Crippen LogP contribution >= 0.6 is 11.3 Å². The van der Waals surface area contributed by atoms with Crippen LogP contribution in [0.15, 0.2) is 30.2 Å². The number of hydrogen-bond acceptors (Lipinski definition) is 2. The fourth-order valence-electron chi connectivity index (χ4n) is 2.67. The van der Waals surface area contributed by atoms with E-state index in [4.69, 9.17) is 0 Å². The molecule has 0 aliphatic heterocycles. The maximum Gasteiger partial charge on any atom is 0.320 e. The molecule has 4 heteroatoms. The fraction of sp³-hybridized carbons (Fsp3) is 0.500. The third kappa shape index (κ3) is 3.13. The van der Waals surface area contributed by atoms with Gasteiger partial charge in [0.2, 0.25) is 0 Å². The second-order valence-corrected chi connectivity index (χ2v) is 5.85. The van der Waals surface area contributed by atoms with Gasteiger partial charge < -0.3 is 5.32 Å². The highest BCUT2D eigenvalue weighted by atomic mass is 32.1. The molecule has 0 spiro atoms. The van der Waals surface area contributed by atoms with E-state index >= 15 is 0 Å². The van der Waals surface area contributed by atoms with Crippen LogP contribution in [0.2, 0.25) is 0 Å². The minimum Gasteiger partial charge on any atom is -0.335 e. The Morgan fingerprint density at radius 2 is 2.39 bits per heavy atom. The van der Waals surface area contributed by atoms with Gasteiger partial charge in [0.15, 0.2) is 0 Å². The van der Waals surface area contributed by atoms with Crippen LogP contribution in [0.3, 0.4) is 0 Å². The van der Waals surface area contributed by atoms with Gasteiger partial charge in [-0.25, -0.2) is 4.79 Å². The first kappa shape index (κ1) is 13.1. The predicted molar refractivity (Wildman–Crippen MR) is 77.0 cm³/mol. The van der Waals surface area contributed by atoms with E-state index in [0.717, 1.165) is 11.4 Å². The number of carbonyl (C=O) groups is 1. The summed E-state index contributed by atoms with van der Waals surface area (Å²) in [6, 6.07) is 3.93. The van der Waals surface area contributed by atoms with Crippen molar-refractivity contribution in [1.29, 1.82) is 0 Å². The molecule has 0 aromatic carbocycles. The first-order chi connectivity index (χ1) is 8.70. The van der Waals surface area contributed by atoms with Gasteiger partial charge in [-0.05, 0) is 42.2 Å². The zero-order chi connectivity index (χ0) is 13.0. The third-order valence-corrected chi connectivity index (χ3v) is 4.43. The largest absolute Gasteiger partial charge is 0.335 e.